The van der Waals surface area contributed by atoms with Gasteiger partial charge in [-0.25, -0.2) is 4.79 Å². The molecule has 35 heavy (non-hydrogen) atoms. The Morgan fingerprint density at radius 2 is 1.63 bits per heavy atom. The van der Waals surface area contributed by atoms with E-state index in [4.69, 9.17) is 10.5 Å². The topological polar surface area (TPSA) is 134 Å². The Morgan fingerprint density at radius 1 is 1.06 bits per heavy atom. The number of nitrogens with zero attached hydrogens (tertiary/aromatic N) is 2. The van der Waals surface area contributed by atoms with Crippen LogP contribution in [0.3, 0.4) is 0 Å². The number of amidine groups is 1. The molecule has 0 bridgehead atoms. The highest BCUT2D eigenvalue weighted by Gasteiger charge is 2.30. The third-order valence-corrected chi connectivity index (χ3v) is 5.40. The van der Waals surface area contributed by atoms with Crippen LogP contribution in [-0.2, 0) is 20.9 Å². The molecule has 0 aliphatic heterocycles. The number of aliphatic carboxylic acids is 1. The summed E-state index contributed by atoms with van der Waals surface area (Å²) >= 11 is 0. The monoisotopic (exact) mass is 482 g/mol. The van der Waals surface area contributed by atoms with Gasteiger partial charge in [0.25, 0.3) is 5.91 Å². The largest absolute Gasteiger partial charge is 0.478 e. The maximum absolute atomic E-state index is 12.7. The molecule has 0 radical (unpaired) electrons. The molecule has 2 rings (SSSR count). The van der Waals surface area contributed by atoms with Crippen molar-refractivity contribution in [2.75, 3.05) is 20.1 Å². The van der Waals surface area contributed by atoms with E-state index in [0.29, 0.717) is 17.9 Å². The van der Waals surface area contributed by atoms with Crippen LogP contribution < -0.4 is 15.8 Å². The van der Waals surface area contributed by atoms with Gasteiger partial charge in [-0.15, -0.1) is 0 Å². The molecular formula is C26H34N4O5. The van der Waals surface area contributed by atoms with Gasteiger partial charge in [-0.05, 0) is 51.3 Å². The lowest BCUT2D eigenvalue weighted by Crippen LogP contribution is -2.39. The van der Waals surface area contributed by atoms with Gasteiger partial charge in [0.05, 0.1) is 13.1 Å². The number of carbonyl (C=O) groups excluding carboxylic acids is 2. The number of amides is 2. The molecule has 188 valence electrons. The second-order valence-electron chi connectivity index (χ2n) is 9.05. The standard InChI is InChI=1S/C26H34N4O5/c1-16-7-9-20(10-8-16)24(27)29-22(32)15-30(14-21(31)28-6)13-19-11-17(2)23(18(3)12-19)35-26(4,5)25(33)34/h7-12H,13-15H2,1-6H3,(H,28,31)(H,33,34)(H2,27,29,32). The number of aryl methyl sites for hydroxylation is 3. The van der Waals surface area contributed by atoms with Crippen molar-refractivity contribution in [3.05, 3.63) is 64.2 Å². The minimum absolute atomic E-state index is 0.00934. The van der Waals surface area contributed by atoms with Crippen molar-refractivity contribution in [3.8, 4) is 5.75 Å². The SMILES string of the molecule is CNC(=O)CN(CC(=O)N=C(N)c1ccc(C)cc1)Cc1cc(C)c(OC(C)(C)C(=O)O)c(C)c1. The van der Waals surface area contributed by atoms with E-state index in [-0.39, 0.29) is 24.8 Å². The molecule has 9 heteroatoms. The number of carbonyl (C=O) groups is 3. The minimum atomic E-state index is -1.38. The first-order valence-electron chi connectivity index (χ1n) is 11.2. The van der Waals surface area contributed by atoms with E-state index < -0.39 is 17.5 Å². The molecule has 0 spiro atoms. The van der Waals surface area contributed by atoms with Crippen LogP contribution in [0.5, 0.6) is 5.75 Å². The second kappa shape index (κ2) is 11.6. The zero-order chi connectivity index (χ0) is 26.3. The lowest BCUT2D eigenvalue weighted by atomic mass is 10.0. The molecule has 9 nitrogen and oxygen atoms in total. The highest BCUT2D eigenvalue weighted by atomic mass is 16.5. The number of aliphatic imine (C=N–C) groups is 1. The average molecular weight is 483 g/mol. The lowest BCUT2D eigenvalue weighted by Gasteiger charge is -2.25. The molecule has 0 fully saturated rings. The van der Waals surface area contributed by atoms with Gasteiger partial charge < -0.3 is 20.9 Å². The predicted octanol–water partition coefficient (Wildman–Crippen LogP) is 2.33. The van der Waals surface area contributed by atoms with E-state index in [1.807, 2.05) is 45.0 Å². The van der Waals surface area contributed by atoms with Crippen molar-refractivity contribution >= 4 is 23.6 Å². The Labute approximate surface area is 206 Å². The van der Waals surface area contributed by atoms with Crippen molar-refractivity contribution in [3.63, 3.8) is 0 Å². The van der Waals surface area contributed by atoms with Gasteiger partial charge in [-0.2, -0.15) is 4.99 Å². The fourth-order valence-electron chi connectivity index (χ4n) is 3.45. The number of benzene rings is 2. The van der Waals surface area contributed by atoms with E-state index in [9.17, 15) is 19.5 Å². The molecule has 0 atom stereocenters. The molecule has 0 heterocycles. The van der Waals surface area contributed by atoms with Crippen molar-refractivity contribution in [1.82, 2.24) is 10.2 Å². The Hall–Kier alpha value is -3.72. The summed E-state index contributed by atoms with van der Waals surface area (Å²) in [5.41, 5.74) is 8.68. The quantitative estimate of drug-likeness (QED) is 0.349. The van der Waals surface area contributed by atoms with Gasteiger partial charge in [0, 0.05) is 19.2 Å². The van der Waals surface area contributed by atoms with Crippen LogP contribution in [0, 0.1) is 20.8 Å². The number of hydrogen-bond donors (Lipinski definition) is 3. The summed E-state index contributed by atoms with van der Waals surface area (Å²) in [4.78, 5) is 41.9. The minimum Gasteiger partial charge on any atom is -0.478 e. The summed E-state index contributed by atoms with van der Waals surface area (Å²) in [7, 11) is 1.53. The van der Waals surface area contributed by atoms with Crippen molar-refractivity contribution in [2.24, 2.45) is 10.7 Å². The van der Waals surface area contributed by atoms with Crippen molar-refractivity contribution < 1.29 is 24.2 Å². The van der Waals surface area contributed by atoms with Crippen LogP contribution in [0.4, 0.5) is 0 Å². The first kappa shape index (κ1) is 27.5. The Morgan fingerprint density at radius 3 is 2.14 bits per heavy atom. The van der Waals surface area contributed by atoms with Gasteiger partial charge in [0.2, 0.25) is 5.91 Å². The molecular weight excluding hydrogens is 448 g/mol. The van der Waals surface area contributed by atoms with Crippen molar-refractivity contribution in [1.29, 1.82) is 0 Å². The third-order valence-electron chi connectivity index (χ3n) is 5.40. The molecule has 2 aromatic carbocycles. The normalized spacial score (nSPS) is 11.9. The van der Waals surface area contributed by atoms with E-state index in [1.165, 1.54) is 20.9 Å². The molecule has 0 aliphatic rings. The first-order valence-corrected chi connectivity index (χ1v) is 11.2. The lowest BCUT2D eigenvalue weighted by molar-refractivity contribution is -0.152. The van der Waals surface area contributed by atoms with Crippen LogP contribution in [0.15, 0.2) is 41.4 Å². The average Bonchev–Trinajstić information content (AvgIpc) is 2.76. The van der Waals surface area contributed by atoms with E-state index >= 15 is 0 Å². The number of likely N-dealkylation sites (N-methyl/N-ethyl adjacent to an activating group) is 1. The van der Waals surface area contributed by atoms with Gasteiger partial charge in [0.15, 0.2) is 5.60 Å². The Balaban J connectivity index is 2.23. The second-order valence-corrected chi connectivity index (χ2v) is 9.05. The van der Waals surface area contributed by atoms with Crippen LogP contribution in [0.1, 0.15) is 41.7 Å². The first-order chi connectivity index (χ1) is 16.3. The summed E-state index contributed by atoms with van der Waals surface area (Å²) in [6.45, 7) is 8.75. The number of carboxylic acid groups (broad SMARTS) is 1. The number of hydrogen-bond acceptors (Lipinski definition) is 5. The van der Waals surface area contributed by atoms with Gasteiger partial charge in [-0.1, -0.05) is 42.0 Å². The number of carboxylic acids is 1. The molecule has 2 aromatic rings. The van der Waals surface area contributed by atoms with Crippen LogP contribution in [0.25, 0.3) is 0 Å². The van der Waals surface area contributed by atoms with Crippen LogP contribution in [-0.4, -0.2) is 59.4 Å². The number of rotatable bonds is 10. The zero-order valence-corrected chi connectivity index (χ0v) is 21.1. The number of nitrogens with one attached hydrogen (secondary N) is 1. The van der Waals surface area contributed by atoms with E-state index in [2.05, 4.69) is 10.3 Å². The summed E-state index contributed by atoms with van der Waals surface area (Å²) in [6.07, 6.45) is 0. The van der Waals surface area contributed by atoms with E-state index in [0.717, 1.165) is 22.3 Å². The highest BCUT2D eigenvalue weighted by Crippen LogP contribution is 2.29. The number of ether oxygens (including phenoxy) is 1. The van der Waals surface area contributed by atoms with Crippen molar-refractivity contribution in [2.45, 2.75) is 46.8 Å². The number of nitrogens with two attached hydrogens (primary N) is 1. The molecule has 4 N–H and O–H groups in total. The summed E-state index contributed by atoms with van der Waals surface area (Å²) < 4.78 is 5.76. The van der Waals surface area contributed by atoms with Crippen LogP contribution in [0.2, 0.25) is 0 Å². The van der Waals surface area contributed by atoms with Gasteiger partial charge >= 0.3 is 5.97 Å². The fourth-order valence-corrected chi connectivity index (χ4v) is 3.45. The Kier molecular flexibility index (Phi) is 9.13. The molecule has 2 amide bonds. The molecule has 0 saturated heterocycles. The molecule has 0 aromatic heterocycles. The highest BCUT2D eigenvalue weighted by molar-refractivity contribution is 6.04. The molecule has 0 unspecified atom stereocenters. The van der Waals surface area contributed by atoms with Gasteiger partial charge in [0.1, 0.15) is 11.6 Å². The fraction of sp³-hybridized carbons (Fsp3) is 0.385. The smallest absolute Gasteiger partial charge is 0.347 e. The summed E-state index contributed by atoms with van der Waals surface area (Å²) in [5.74, 6) is -1.18. The zero-order valence-electron chi connectivity index (χ0n) is 21.1. The predicted molar refractivity (Wildman–Crippen MR) is 135 cm³/mol. The summed E-state index contributed by atoms with van der Waals surface area (Å²) in [5, 5.41) is 11.9. The molecule has 0 saturated carbocycles. The van der Waals surface area contributed by atoms with E-state index in [1.54, 1.807) is 17.0 Å². The Bertz CT molecular complexity index is 1100. The molecule has 0 aliphatic carbocycles. The van der Waals surface area contributed by atoms with Gasteiger partial charge in [-0.3, -0.25) is 14.5 Å². The maximum atomic E-state index is 12.7. The summed E-state index contributed by atoms with van der Waals surface area (Å²) in [6, 6.07) is 11.1. The maximum Gasteiger partial charge on any atom is 0.347 e. The van der Waals surface area contributed by atoms with Crippen LogP contribution >= 0.6 is 0 Å². The third kappa shape index (κ3) is 7.92.